The van der Waals surface area contributed by atoms with E-state index in [1.165, 1.54) is 6.07 Å². The van der Waals surface area contributed by atoms with Crippen LogP contribution in [0.4, 0.5) is 4.39 Å². The summed E-state index contributed by atoms with van der Waals surface area (Å²) in [6.07, 6.45) is 0. The summed E-state index contributed by atoms with van der Waals surface area (Å²) in [7, 11) is -1.68. The van der Waals surface area contributed by atoms with Crippen LogP contribution in [0.3, 0.4) is 0 Å². The quantitative estimate of drug-likeness (QED) is 0.533. The molecular weight excluding hydrogens is 174 g/mol. The smallest absolute Gasteiger partial charge is 0.423 e. The molecule has 0 amide bonds. The normalized spacial score (nSPS) is 10.2. The molecular formula is C8H10BFO3. The van der Waals surface area contributed by atoms with Gasteiger partial charge in [-0.25, -0.2) is 4.39 Å². The lowest BCUT2D eigenvalue weighted by molar-refractivity contribution is 0.275. The van der Waals surface area contributed by atoms with Crippen LogP contribution in [0.1, 0.15) is 11.1 Å². The highest BCUT2D eigenvalue weighted by atomic mass is 19.1. The van der Waals surface area contributed by atoms with Gasteiger partial charge >= 0.3 is 7.12 Å². The third-order valence-electron chi connectivity index (χ3n) is 1.88. The van der Waals surface area contributed by atoms with Crippen molar-refractivity contribution in [1.82, 2.24) is 0 Å². The molecule has 1 aromatic rings. The Kier molecular flexibility index (Phi) is 3.03. The van der Waals surface area contributed by atoms with Crippen molar-refractivity contribution >= 4 is 12.6 Å². The van der Waals surface area contributed by atoms with Gasteiger partial charge in [-0.2, -0.15) is 0 Å². The summed E-state index contributed by atoms with van der Waals surface area (Å²) >= 11 is 0. The molecule has 0 saturated heterocycles. The molecule has 13 heavy (non-hydrogen) atoms. The van der Waals surface area contributed by atoms with E-state index in [1.807, 2.05) is 0 Å². The molecule has 5 heteroatoms. The number of halogens is 1. The molecule has 3 nitrogen and oxygen atoms in total. The summed E-state index contributed by atoms with van der Waals surface area (Å²) in [5.41, 5.74) is 0.817. The van der Waals surface area contributed by atoms with Crippen molar-refractivity contribution in [1.29, 1.82) is 0 Å². The molecule has 0 heterocycles. The molecule has 0 fully saturated rings. The highest BCUT2D eigenvalue weighted by Gasteiger charge is 2.16. The van der Waals surface area contributed by atoms with E-state index < -0.39 is 19.5 Å². The zero-order valence-corrected chi connectivity index (χ0v) is 7.16. The van der Waals surface area contributed by atoms with Gasteiger partial charge in [-0.15, -0.1) is 0 Å². The third kappa shape index (κ3) is 2.06. The second-order valence-electron chi connectivity index (χ2n) is 2.83. The Morgan fingerprint density at radius 2 is 2.00 bits per heavy atom. The average molecular weight is 184 g/mol. The first-order chi connectivity index (χ1) is 6.06. The second-order valence-corrected chi connectivity index (χ2v) is 2.83. The summed E-state index contributed by atoms with van der Waals surface area (Å²) in [5, 5.41) is 26.3. The van der Waals surface area contributed by atoms with Gasteiger partial charge in [-0.1, -0.05) is 11.6 Å². The fraction of sp³-hybridized carbons (Fsp3) is 0.250. The zero-order valence-electron chi connectivity index (χ0n) is 7.16. The molecule has 0 bridgehead atoms. The monoisotopic (exact) mass is 184 g/mol. The highest BCUT2D eigenvalue weighted by molar-refractivity contribution is 6.59. The Labute approximate surface area is 75.6 Å². The minimum absolute atomic E-state index is 0.120. The lowest BCUT2D eigenvalue weighted by Crippen LogP contribution is -2.32. The van der Waals surface area contributed by atoms with Gasteiger partial charge < -0.3 is 15.2 Å². The van der Waals surface area contributed by atoms with E-state index in [9.17, 15) is 4.39 Å². The molecule has 1 aromatic carbocycles. The molecule has 1 rings (SSSR count). The standard InChI is InChI=1S/C8H10BFO3/c1-5-2-6(4-11)8(10)3-7(5)9(12)13/h2-3,11-13H,4H2,1H3. The number of aliphatic hydroxyl groups is 1. The third-order valence-corrected chi connectivity index (χ3v) is 1.88. The number of hydrogen-bond donors (Lipinski definition) is 3. The molecule has 0 spiro atoms. The van der Waals surface area contributed by atoms with Gasteiger partial charge in [0, 0.05) is 5.56 Å². The minimum atomic E-state index is -1.68. The maximum atomic E-state index is 13.0. The Balaban J connectivity index is 3.20. The molecule has 0 aliphatic carbocycles. The van der Waals surface area contributed by atoms with E-state index in [1.54, 1.807) is 6.92 Å². The Morgan fingerprint density at radius 1 is 1.38 bits per heavy atom. The van der Waals surface area contributed by atoms with Gasteiger partial charge in [0.1, 0.15) is 5.82 Å². The van der Waals surface area contributed by atoms with Crippen LogP contribution in [0, 0.1) is 12.7 Å². The zero-order chi connectivity index (χ0) is 10.0. The molecule has 0 aliphatic rings. The summed E-state index contributed by atoms with van der Waals surface area (Å²) in [6, 6.07) is 2.41. The molecule has 0 atom stereocenters. The van der Waals surface area contributed by atoms with Crippen LogP contribution in [0.2, 0.25) is 0 Å². The average Bonchev–Trinajstić information content (AvgIpc) is 2.07. The molecule has 70 valence electrons. The first kappa shape index (κ1) is 10.2. The van der Waals surface area contributed by atoms with E-state index in [0.717, 1.165) is 6.07 Å². The van der Waals surface area contributed by atoms with Crippen molar-refractivity contribution in [2.24, 2.45) is 0 Å². The topological polar surface area (TPSA) is 60.7 Å². The van der Waals surface area contributed by atoms with Gasteiger partial charge in [0.25, 0.3) is 0 Å². The number of rotatable bonds is 2. The molecule has 0 saturated carbocycles. The number of aliphatic hydroxyl groups excluding tert-OH is 1. The Hall–Kier alpha value is -0.905. The van der Waals surface area contributed by atoms with Crippen molar-refractivity contribution in [3.05, 3.63) is 29.1 Å². The van der Waals surface area contributed by atoms with Crippen molar-refractivity contribution in [2.75, 3.05) is 0 Å². The predicted octanol–water partition coefficient (Wildman–Crippen LogP) is -0.694. The maximum absolute atomic E-state index is 13.0. The van der Waals surface area contributed by atoms with Crippen molar-refractivity contribution < 1.29 is 19.5 Å². The van der Waals surface area contributed by atoms with E-state index in [4.69, 9.17) is 15.2 Å². The molecule has 0 unspecified atom stereocenters. The van der Waals surface area contributed by atoms with Gasteiger partial charge in [0.2, 0.25) is 0 Å². The van der Waals surface area contributed by atoms with Gasteiger partial charge in [-0.3, -0.25) is 0 Å². The van der Waals surface area contributed by atoms with Crippen LogP contribution in [0.5, 0.6) is 0 Å². The van der Waals surface area contributed by atoms with Crippen LogP contribution in [-0.2, 0) is 6.61 Å². The van der Waals surface area contributed by atoms with Crippen molar-refractivity contribution in [2.45, 2.75) is 13.5 Å². The molecule has 0 aromatic heterocycles. The van der Waals surface area contributed by atoms with Crippen LogP contribution < -0.4 is 5.46 Å². The van der Waals surface area contributed by atoms with Crippen LogP contribution in [0.25, 0.3) is 0 Å². The van der Waals surface area contributed by atoms with Crippen LogP contribution in [0.15, 0.2) is 12.1 Å². The highest BCUT2D eigenvalue weighted by Crippen LogP contribution is 2.08. The summed E-state index contributed by atoms with van der Waals surface area (Å²) in [4.78, 5) is 0. The summed E-state index contributed by atoms with van der Waals surface area (Å²) < 4.78 is 13.0. The van der Waals surface area contributed by atoms with Crippen LogP contribution in [-0.4, -0.2) is 22.3 Å². The number of hydrogen-bond acceptors (Lipinski definition) is 3. The Bertz CT molecular complexity index is 315. The second kappa shape index (κ2) is 3.87. The summed E-state index contributed by atoms with van der Waals surface area (Å²) in [5.74, 6) is -0.629. The summed E-state index contributed by atoms with van der Waals surface area (Å²) in [6.45, 7) is 1.22. The van der Waals surface area contributed by atoms with Gasteiger partial charge in [0.05, 0.1) is 6.61 Å². The largest absolute Gasteiger partial charge is 0.488 e. The van der Waals surface area contributed by atoms with Gasteiger partial charge in [0.15, 0.2) is 0 Å². The molecule has 0 radical (unpaired) electrons. The van der Waals surface area contributed by atoms with E-state index in [2.05, 4.69) is 0 Å². The fourth-order valence-electron chi connectivity index (χ4n) is 1.16. The lowest BCUT2D eigenvalue weighted by Gasteiger charge is -2.07. The Morgan fingerprint density at radius 3 is 2.46 bits per heavy atom. The van der Waals surface area contributed by atoms with Gasteiger partial charge in [-0.05, 0) is 18.5 Å². The number of benzene rings is 1. The maximum Gasteiger partial charge on any atom is 0.488 e. The van der Waals surface area contributed by atoms with E-state index in [-0.39, 0.29) is 11.0 Å². The van der Waals surface area contributed by atoms with Crippen molar-refractivity contribution in [3.63, 3.8) is 0 Å². The van der Waals surface area contributed by atoms with E-state index in [0.29, 0.717) is 5.56 Å². The molecule has 0 aliphatic heterocycles. The van der Waals surface area contributed by atoms with Crippen LogP contribution >= 0.6 is 0 Å². The lowest BCUT2D eigenvalue weighted by atomic mass is 9.77. The predicted molar refractivity (Wildman–Crippen MR) is 46.9 cm³/mol. The van der Waals surface area contributed by atoms with E-state index >= 15 is 0 Å². The molecule has 3 N–H and O–H groups in total. The minimum Gasteiger partial charge on any atom is -0.423 e. The SMILES string of the molecule is Cc1cc(CO)c(F)cc1B(O)O. The first-order valence-corrected chi connectivity index (χ1v) is 3.82. The number of aryl methyl sites for hydroxylation is 1. The first-order valence-electron chi connectivity index (χ1n) is 3.82. The van der Waals surface area contributed by atoms with Crippen molar-refractivity contribution in [3.8, 4) is 0 Å². The fourth-order valence-corrected chi connectivity index (χ4v) is 1.16.